The highest BCUT2D eigenvalue weighted by molar-refractivity contribution is 6.34. The molecule has 2 aliphatic rings. The number of fused-ring (bicyclic) bond motifs is 2. The quantitative estimate of drug-likeness (QED) is 0.688. The third-order valence-corrected chi connectivity index (χ3v) is 6.76. The topological polar surface area (TPSA) is 80.1 Å². The number of amides is 2. The van der Waals surface area contributed by atoms with E-state index in [2.05, 4.69) is 15.4 Å². The molecule has 0 radical (unpaired) electrons. The molecule has 2 unspecified atom stereocenters. The standard InChI is InChI=1S/C22H20ClN5O2/c1-13-17(23)18(26-27(13)2)20(29)28-11-9-22(19(28)14-6-5-10-24-12-14)15-7-3-4-8-16(15)25-21(22)30/h3-8,10,12,19H,9,11H2,1-2H3,(H,25,30). The Bertz CT molecular complexity index is 1180. The first kappa shape index (κ1) is 18.8. The molecule has 1 fully saturated rings. The minimum Gasteiger partial charge on any atom is -0.329 e. The highest BCUT2D eigenvalue weighted by Gasteiger charge is 2.59. The van der Waals surface area contributed by atoms with Crippen LogP contribution in [0, 0.1) is 6.92 Å². The third-order valence-electron chi connectivity index (χ3n) is 6.31. The van der Waals surface area contributed by atoms with Crippen molar-refractivity contribution >= 4 is 29.1 Å². The van der Waals surface area contributed by atoms with Crippen LogP contribution in [0.2, 0.25) is 5.02 Å². The van der Waals surface area contributed by atoms with E-state index in [9.17, 15) is 9.59 Å². The van der Waals surface area contributed by atoms with Crippen molar-refractivity contribution in [2.45, 2.75) is 24.8 Å². The molecule has 1 aromatic carbocycles. The Balaban J connectivity index is 1.68. The zero-order valence-electron chi connectivity index (χ0n) is 16.6. The molecule has 7 nitrogen and oxygen atoms in total. The number of aromatic nitrogens is 3. The number of aryl methyl sites for hydroxylation is 1. The summed E-state index contributed by atoms with van der Waals surface area (Å²) in [5.74, 6) is -0.386. The van der Waals surface area contributed by atoms with Crippen LogP contribution in [-0.4, -0.2) is 38.0 Å². The molecule has 5 rings (SSSR count). The van der Waals surface area contributed by atoms with Crippen LogP contribution in [0.1, 0.15) is 39.8 Å². The van der Waals surface area contributed by atoms with Gasteiger partial charge in [0.05, 0.1) is 16.8 Å². The van der Waals surface area contributed by atoms with E-state index >= 15 is 0 Å². The van der Waals surface area contributed by atoms with Crippen molar-refractivity contribution in [1.82, 2.24) is 19.7 Å². The summed E-state index contributed by atoms with van der Waals surface area (Å²) < 4.78 is 1.60. The highest BCUT2D eigenvalue weighted by atomic mass is 35.5. The van der Waals surface area contributed by atoms with Crippen molar-refractivity contribution in [3.63, 3.8) is 0 Å². The first-order chi connectivity index (χ1) is 14.4. The largest absolute Gasteiger partial charge is 0.329 e. The van der Waals surface area contributed by atoms with E-state index in [-0.39, 0.29) is 17.5 Å². The lowest BCUT2D eigenvalue weighted by Crippen LogP contribution is -2.42. The monoisotopic (exact) mass is 421 g/mol. The summed E-state index contributed by atoms with van der Waals surface area (Å²) in [5.41, 5.74) is 2.54. The molecule has 1 saturated heterocycles. The van der Waals surface area contributed by atoms with E-state index in [4.69, 9.17) is 11.6 Å². The molecule has 1 spiro atoms. The van der Waals surface area contributed by atoms with E-state index in [0.717, 1.165) is 22.5 Å². The summed E-state index contributed by atoms with van der Waals surface area (Å²) >= 11 is 6.42. The molecule has 0 saturated carbocycles. The molecular formula is C22H20ClN5O2. The molecule has 2 aliphatic heterocycles. The Kier molecular flexibility index (Phi) is 4.18. The number of hydrogen-bond acceptors (Lipinski definition) is 4. The Morgan fingerprint density at radius 1 is 1.27 bits per heavy atom. The molecule has 1 N–H and O–H groups in total. The molecule has 2 atom stereocenters. The fraction of sp³-hybridized carbons (Fsp3) is 0.273. The van der Waals surface area contributed by atoms with Crippen LogP contribution in [0.5, 0.6) is 0 Å². The van der Waals surface area contributed by atoms with Crippen LogP contribution >= 0.6 is 11.6 Å². The smallest absolute Gasteiger partial charge is 0.276 e. The van der Waals surface area contributed by atoms with Crippen LogP contribution in [0.4, 0.5) is 5.69 Å². The lowest BCUT2D eigenvalue weighted by Gasteiger charge is -2.34. The van der Waals surface area contributed by atoms with E-state index in [1.165, 1.54) is 0 Å². The highest BCUT2D eigenvalue weighted by Crippen LogP contribution is 2.54. The number of hydrogen-bond donors (Lipinski definition) is 1. The number of pyridine rings is 1. The number of halogens is 1. The van der Waals surface area contributed by atoms with Gasteiger partial charge >= 0.3 is 0 Å². The number of para-hydroxylation sites is 1. The van der Waals surface area contributed by atoms with Crippen molar-refractivity contribution < 1.29 is 9.59 Å². The molecule has 8 heteroatoms. The van der Waals surface area contributed by atoms with E-state index in [1.54, 1.807) is 29.0 Å². The van der Waals surface area contributed by atoms with Crippen molar-refractivity contribution in [2.75, 3.05) is 11.9 Å². The van der Waals surface area contributed by atoms with E-state index in [0.29, 0.717) is 18.0 Å². The van der Waals surface area contributed by atoms with E-state index < -0.39 is 11.5 Å². The van der Waals surface area contributed by atoms with Gasteiger partial charge in [0.25, 0.3) is 5.91 Å². The van der Waals surface area contributed by atoms with Gasteiger partial charge in [-0.25, -0.2) is 0 Å². The lowest BCUT2D eigenvalue weighted by molar-refractivity contribution is -0.121. The molecule has 30 heavy (non-hydrogen) atoms. The number of benzene rings is 1. The Labute approximate surface area is 178 Å². The average Bonchev–Trinajstić information content (AvgIpc) is 3.38. The number of carbonyl (C=O) groups excluding carboxylic acids is 2. The maximum atomic E-state index is 13.6. The van der Waals surface area contributed by atoms with Gasteiger partial charge < -0.3 is 10.2 Å². The summed E-state index contributed by atoms with van der Waals surface area (Å²) in [7, 11) is 1.75. The van der Waals surface area contributed by atoms with Gasteiger partial charge in [-0.15, -0.1) is 0 Å². The molecule has 0 aliphatic carbocycles. The second-order valence-corrected chi connectivity index (χ2v) is 8.16. The number of rotatable bonds is 2. The van der Waals surface area contributed by atoms with Gasteiger partial charge in [-0.3, -0.25) is 19.3 Å². The van der Waals surface area contributed by atoms with E-state index in [1.807, 2.05) is 43.3 Å². The second-order valence-electron chi connectivity index (χ2n) is 7.78. The third kappa shape index (κ3) is 2.45. The van der Waals surface area contributed by atoms with Crippen molar-refractivity contribution in [1.29, 1.82) is 0 Å². The Morgan fingerprint density at radius 2 is 2.07 bits per heavy atom. The van der Waals surface area contributed by atoms with Crippen molar-refractivity contribution in [2.24, 2.45) is 7.05 Å². The second kappa shape index (κ2) is 6.67. The lowest BCUT2D eigenvalue weighted by atomic mass is 9.73. The predicted octanol–water partition coefficient (Wildman–Crippen LogP) is 3.25. The maximum Gasteiger partial charge on any atom is 0.276 e. The van der Waals surface area contributed by atoms with Gasteiger partial charge in [-0.1, -0.05) is 35.9 Å². The van der Waals surface area contributed by atoms with Crippen LogP contribution < -0.4 is 5.32 Å². The van der Waals surface area contributed by atoms with Gasteiger partial charge in [-0.05, 0) is 36.6 Å². The molecule has 4 heterocycles. The molecule has 0 bridgehead atoms. The molecule has 152 valence electrons. The molecular weight excluding hydrogens is 402 g/mol. The summed E-state index contributed by atoms with van der Waals surface area (Å²) in [6, 6.07) is 10.9. The first-order valence-electron chi connectivity index (χ1n) is 9.76. The first-order valence-corrected chi connectivity index (χ1v) is 10.1. The van der Waals surface area contributed by atoms with Crippen LogP contribution in [0.3, 0.4) is 0 Å². The number of anilines is 1. The molecule has 2 aromatic heterocycles. The Hall–Kier alpha value is -3.19. The minimum absolute atomic E-state index is 0.101. The summed E-state index contributed by atoms with van der Waals surface area (Å²) in [6.07, 6.45) is 3.90. The Morgan fingerprint density at radius 3 is 2.77 bits per heavy atom. The van der Waals surface area contributed by atoms with Gasteiger partial charge in [0.15, 0.2) is 5.69 Å². The van der Waals surface area contributed by atoms with Crippen LogP contribution in [-0.2, 0) is 17.3 Å². The van der Waals surface area contributed by atoms with Crippen molar-refractivity contribution in [3.8, 4) is 0 Å². The SMILES string of the molecule is Cc1c(Cl)c(C(=O)N2CCC3(C(=O)Nc4ccccc43)C2c2cccnc2)nn1C. The zero-order chi connectivity index (χ0) is 21.0. The number of carbonyl (C=O) groups is 2. The van der Waals surface area contributed by atoms with Gasteiger partial charge in [0, 0.05) is 31.7 Å². The van der Waals surface area contributed by atoms with Crippen molar-refractivity contribution in [3.05, 3.63) is 76.3 Å². The maximum absolute atomic E-state index is 13.6. The number of nitrogens with one attached hydrogen (secondary N) is 1. The number of nitrogens with zero attached hydrogens (tertiary/aromatic N) is 4. The zero-order valence-corrected chi connectivity index (χ0v) is 17.3. The molecule has 2 amide bonds. The van der Waals surface area contributed by atoms with Crippen LogP contribution in [0.15, 0.2) is 48.8 Å². The van der Waals surface area contributed by atoms with Gasteiger partial charge in [0.1, 0.15) is 5.41 Å². The minimum atomic E-state index is -0.883. The fourth-order valence-electron chi connectivity index (χ4n) is 4.76. The van der Waals surface area contributed by atoms with Crippen LogP contribution in [0.25, 0.3) is 0 Å². The molecule has 3 aromatic rings. The van der Waals surface area contributed by atoms with Gasteiger partial charge in [0.2, 0.25) is 5.91 Å². The summed E-state index contributed by atoms with van der Waals surface area (Å²) in [6.45, 7) is 2.23. The summed E-state index contributed by atoms with van der Waals surface area (Å²) in [4.78, 5) is 32.9. The fourth-order valence-corrected chi connectivity index (χ4v) is 5.00. The normalized spacial score (nSPS) is 22.4. The number of likely N-dealkylation sites (tertiary alicyclic amines) is 1. The average molecular weight is 422 g/mol. The predicted molar refractivity (Wildman–Crippen MR) is 112 cm³/mol. The van der Waals surface area contributed by atoms with Gasteiger partial charge in [-0.2, -0.15) is 5.10 Å². The summed E-state index contributed by atoms with van der Waals surface area (Å²) in [5, 5.41) is 7.69.